The monoisotopic (exact) mass is 384 g/mol. The van der Waals surface area contributed by atoms with Crippen molar-refractivity contribution in [2.45, 2.75) is 20.8 Å². The molecular formula is C21H21ClN2O3. The minimum Gasteiger partial charge on any atom is -0.490 e. The maximum absolute atomic E-state index is 12.8. The Kier molecular flexibility index (Phi) is 5.81. The van der Waals surface area contributed by atoms with E-state index in [2.05, 4.69) is 5.10 Å². The van der Waals surface area contributed by atoms with Crippen molar-refractivity contribution >= 4 is 35.0 Å². The van der Waals surface area contributed by atoms with Crippen LogP contribution in [0.5, 0.6) is 11.5 Å². The quantitative estimate of drug-likeness (QED) is 0.662. The molecule has 0 bridgehead atoms. The number of hydrazone groups is 1. The molecule has 1 aliphatic rings. The fourth-order valence-corrected chi connectivity index (χ4v) is 3.09. The van der Waals surface area contributed by atoms with Gasteiger partial charge in [-0.3, -0.25) is 4.79 Å². The minimum absolute atomic E-state index is 0.179. The highest BCUT2D eigenvalue weighted by atomic mass is 35.5. The first kappa shape index (κ1) is 19.0. The number of hydrogen-bond acceptors (Lipinski definition) is 4. The van der Waals surface area contributed by atoms with Gasteiger partial charge >= 0.3 is 0 Å². The molecule has 3 rings (SSSR count). The summed E-state index contributed by atoms with van der Waals surface area (Å²) in [4.78, 5) is 12.8. The average Bonchev–Trinajstić information content (AvgIpc) is 2.94. The van der Waals surface area contributed by atoms with E-state index < -0.39 is 0 Å². The second-order valence-electron chi connectivity index (χ2n) is 5.89. The van der Waals surface area contributed by atoms with Gasteiger partial charge in [0.15, 0.2) is 11.5 Å². The zero-order chi connectivity index (χ0) is 19.4. The van der Waals surface area contributed by atoms with E-state index in [0.29, 0.717) is 41.0 Å². The Labute approximate surface area is 163 Å². The van der Waals surface area contributed by atoms with Crippen molar-refractivity contribution in [2.75, 3.05) is 18.2 Å². The molecule has 0 unspecified atom stereocenters. The molecule has 0 saturated carbocycles. The van der Waals surface area contributed by atoms with Crippen LogP contribution in [0.25, 0.3) is 6.08 Å². The summed E-state index contributed by atoms with van der Waals surface area (Å²) in [5, 5.41) is 6.23. The molecule has 140 valence electrons. The Balaban J connectivity index is 1.97. The average molecular weight is 385 g/mol. The van der Waals surface area contributed by atoms with Crippen LogP contribution in [0.15, 0.2) is 53.1 Å². The van der Waals surface area contributed by atoms with Gasteiger partial charge in [-0.15, -0.1) is 0 Å². The predicted octanol–water partition coefficient (Wildman–Crippen LogP) is 4.94. The summed E-state index contributed by atoms with van der Waals surface area (Å²) >= 11 is 6.37. The number of ether oxygens (including phenoxy) is 2. The second kappa shape index (κ2) is 8.27. The van der Waals surface area contributed by atoms with Crippen molar-refractivity contribution in [3.63, 3.8) is 0 Å². The third kappa shape index (κ3) is 3.98. The lowest BCUT2D eigenvalue weighted by atomic mass is 10.1. The van der Waals surface area contributed by atoms with Gasteiger partial charge in [0, 0.05) is 0 Å². The van der Waals surface area contributed by atoms with E-state index in [1.807, 2.05) is 57.2 Å². The fourth-order valence-electron chi connectivity index (χ4n) is 2.81. The van der Waals surface area contributed by atoms with Crippen LogP contribution >= 0.6 is 11.6 Å². The lowest BCUT2D eigenvalue weighted by Crippen LogP contribution is -2.21. The molecule has 2 aromatic rings. The van der Waals surface area contributed by atoms with Gasteiger partial charge in [-0.05, 0) is 56.7 Å². The Morgan fingerprint density at radius 1 is 1.11 bits per heavy atom. The van der Waals surface area contributed by atoms with Crippen molar-refractivity contribution in [1.82, 2.24) is 0 Å². The van der Waals surface area contributed by atoms with Crippen LogP contribution in [0, 0.1) is 0 Å². The van der Waals surface area contributed by atoms with E-state index in [-0.39, 0.29) is 5.91 Å². The zero-order valence-electron chi connectivity index (χ0n) is 15.5. The van der Waals surface area contributed by atoms with Crippen LogP contribution in [0.4, 0.5) is 5.69 Å². The number of amides is 1. The summed E-state index contributed by atoms with van der Waals surface area (Å²) < 4.78 is 11.2. The van der Waals surface area contributed by atoms with E-state index in [0.717, 1.165) is 11.3 Å². The van der Waals surface area contributed by atoms with Gasteiger partial charge in [-0.1, -0.05) is 29.8 Å². The van der Waals surface area contributed by atoms with Crippen LogP contribution in [-0.4, -0.2) is 24.8 Å². The van der Waals surface area contributed by atoms with E-state index in [4.69, 9.17) is 21.1 Å². The highest BCUT2D eigenvalue weighted by Gasteiger charge is 2.28. The number of para-hydroxylation sites is 1. The van der Waals surface area contributed by atoms with E-state index in [9.17, 15) is 4.79 Å². The summed E-state index contributed by atoms with van der Waals surface area (Å²) in [6.07, 6.45) is 1.77. The lowest BCUT2D eigenvalue weighted by molar-refractivity contribution is -0.114. The van der Waals surface area contributed by atoms with Crippen molar-refractivity contribution in [3.05, 3.63) is 58.6 Å². The summed E-state index contributed by atoms with van der Waals surface area (Å²) in [6, 6.07) is 12.9. The summed E-state index contributed by atoms with van der Waals surface area (Å²) in [5.74, 6) is 0.887. The van der Waals surface area contributed by atoms with Crippen molar-refractivity contribution in [1.29, 1.82) is 0 Å². The molecule has 6 heteroatoms. The lowest BCUT2D eigenvalue weighted by Gasteiger charge is -2.14. The van der Waals surface area contributed by atoms with Gasteiger partial charge in [-0.2, -0.15) is 10.1 Å². The summed E-state index contributed by atoms with van der Waals surface area (Å²) in [6.45, 7) is 6.56. The molecule has 0 saturated heterocycles. The van der Waals surface area contributed by atoms with Crippen molar-refractivity contribution in [2.24, 2.45) is 5.10 Å². The highest BCUT2D eigenvalue weighted by molar-refractivity contribution is 6.33. The topological polar surface area (TPSA) is 51.1 Å². The maximum atomic E-state index is 12.8. The minimum atomic E-state index is -0.179. The molecule has 0 radical (unpaired) electrons. The van der Waals surface area contributed by atoms with Gasteiger partial charge < -0.3 is 9.47 Å². The smallest absolute Gasteiger partial charge is 0.280 e. The molecular weight excluding hydrogens is 364 g/mol. The SMILES string of the molecule is CCOc1cc(/C=C2\C(=O)N(c3ccccc3)N=C2C)cc(Cl)c1OCC. The first-order valence-corrected chi connectivity index (χ1v) is 9.18. The summed E-state index contributed by atoms with van der Waals surface area (Å²) in [5.41, 5.74) is 2.64. The van der Waals surface area contributed by atoms with E-state index in [1.165, 1.54) is 5.01 Å². The van der Waals surface area contributed by atoms with Crippen LogP contribution in [-0.2, 0) is 4.79 Å². The molecule has 1 aliphatic heterocycles. The number of hydrogen-bond donors (Lipinski definition) is 0. The molecule has 5 nitrogen and oxygen atoms in total. The first-order valence-electron chi connectivity index (χ1n) is 8.81. The Hall–Kier alpha value is -2.79. The van der Waals surface area contributed by atoms with Gasteiger partial charge in [0.05, 0.1) is 35.2 Å². The normalized spacial score (nSPS) is 15.3. The first-order chi connectivity index (χ1) is 13.0. The van der Waals surface area contributed by atoms with Crippen LogP contribution in [0.3, 0.4) is 0 Å². The maximum Gasteiger partial charge on any atom is 0.280 e. The highest BCUT2D eigenvalue weighted by Crippen LogP contribution is 2.37. The molecule has 27 heavy (non-hydrogen) atoms. The zero-order valence-corrected chi connectivity index (χ0v) is 16.3. The number of halogens is 1. The predicted molar refractivity (Wildman–Crippen MR) is 109 cm³/mol. The standard InChI is InChI=1S/C21H21ClN2O3/c1-4-26-19-13-15(12-18(22)20(19)27-5-2)11-17-14(3)23-24(21(17)25)16-9-7-6-8-10-16/h6-13H,4-5H2,1-3H3/b17-11-. The molecule has 1 heterocycles. The Bertz CT molecular complexity index is 907. The van der Waals surface area contributed by atoms with E-state index in [1.54, 1.807) is 12.1 Å². The van der Waals surface area contributed by atoms with Crippen LogP contribution < -0.4 is 14.5 Å². The number of carbonyl (C=O) groups excluding carboxylic acids is 1. The summed E-state index contributed by atoms with van der Waals surface area (Å²) in [7, 11) is 0. The molecule has 1 amide bonds. The van der Waals surface area contributed by atoms with Crippen molar-refractivity contribution in [3.8, 4) is 11.5 Å². The number of benzene rings is 2. The molecule has 0 atom stereocenters. The molecule has 0 fully saturated rings. The van der Waals surface area contributed by atoms with E-state index >= 15 is 0 Å². The third-order valence-electron chi connectivity index (χ3n) is 3.99. The molecule has 2 aromatic carbocycles. The largest absolute Gasteiger partial charge is 0.490 e. The van der Waals surface area contributed by atoms with Crippen LogP contribution in [0.1, 0.15) is 26.3 Å². The molecule has 0 aromatic heterocycles. The fraction of sp³-hybridized carbons (Fsp3) is 0.238. The van der Waals surface area contributed by atoms with Crippen molar-refractivity contribution < 1.29 is 14.3 Å². The van der Waals surface area contributed by atoms with Crippen LogP contribution in [0.2, 0.25) is 5.02 Å². The molecule has 0 N–H and O–H groups in total. The Morgan fingerprint density at radius 3 is 2.48 bits per heavy atom. The third-order valence-corrected chi connectivity index (χ3v) is 4.28. The number of nitrogens with zero attached hydrogens (tertiary/aromatic N) is 2. The van der Waals surface area contributed by atoms with Gasteiger partial charge in [-0.25, -0.2) is 0 Å². The molecule has 0 aliphatic carbocycles. The number of carbonyl (C=O) groups is 1. The number of rotatable bonds is 6. The number of anilines is 1. The second-order valence-corrected chi connectivity index (χ2v) is 6.30. The molecule has 0 spiro atoms. The van der Waals surface area contributed by atoms with Gasteiger partial charge in [0.25, 0.3) is 5.91 Å². The van der Waals surface area contributed by atoms with Gasteiger partial charge in [0.1, 0.15) is 0 Å². The Morgan fingerprint density at radius 2 is 1.81 bits per heavy atom. The van der Waals surface area contributed by atoms with Gasteiger partial charge in [0.2, 0.25) is 0 Å².